The number of carboxylic acid groups (broad SMARTS) is 2. The van der Waals surface area contributed by atoms with Crippen LogP contribution in [-0.4, -0.2) is 104 Å². The van der Waals surface area contributed by atoms with Crippen molar-refractivity contribution in [1.82, 2.24) is 19.9 Å². The van der Waals surface area contributed by atoms with Crippen LogP contribution in [0.2, 0.25) is 0 Å². The van der Waals surface area contributed by atoms with Crippen LogP contribution in [-0.2, 0) is 9.59 Å². The van der Waals surface area contributed by atoms with Gasteiger partial charge in [0.1, 0.15) is 29.4 Å². The molecule has 53 heavy (non-hydrogen) atoms. The fraction of sp³-hybridized carbons (Fsp3) is 0.441. The number of pyridine rings is 1. The number of piperidine rings is 1. The summed E-state index contributed by atoms with van der Waals surface area (Å²) in [5.74, 6) is -4.93. The molecule has 4 heterocycles. The Morgan fingerprint density at radius 1 is 1.02 bits per heavy atom. The highest BCUT2D eigenvalue weighted by atomic mass is 35.5. The molecule has 2 aliphatic heterocycles. The van der Waals surface area contributed by atoms with Crippen molar-refractivity contribution in [2.24, 2.45) is 5.92 Å². The van der Waals surface area contributed by atoms with Crippen molar-refractivity contribution in [3.05, 3.63) is 48.4 Å². The number of carboxylic acids is 2. The van der Waals surface area contributed by atoms with Gasteiger partial charge in [-0.2, -0.15) is 36.3 Å². The third-order valence-electron chi connectivity index (χ3n) is 9.21. The number of benzene rings is 2. The lowest BCUT2D eigenvalue weighted by atomic mass is 9.97. The Morgan fingerprint density at radius 2 is 1.68 bits per heavy atom. The van der Waals surface area contributed by atoms with Crippen LogP contribution in [0.3, 0.4) is 0 Å². The first-order valence-electron chi connectivity index (χ1n) is 16.2. The molecule has 4 aromatic rings. The van der Waals surface area contributed by atoms with E-state index in [2.05, 4.69) is 26.8 Å². The van der Waals surface area contributed by atoms with Gasteiger partial charge in [0.25, 0.3) is 0 Å². The molecule has 0 spiro atoms. The van der Waals surface area contributed by atoms with Crippen LogP contribution in [0.5, 0.6) is 11.8 Å². The highest BCUT2D eigenvalue weighted by Gasteiger charge is 2.45. The Morgan fingerprint density at radius 3 is 2.28 bits per heavy atom. The number of aromatic hydroxyl groups is 1. The predicted molar refractivity (Wildman–Crippen MR) is 179 cm³/mol. The highest BCUT2D eigenvalue weighted by Crippen LogP contribution is 2.46. The molecule has 3 fully saturated rings. The van der Waals surface area contributed by atoms with Gasteiger partial charge in [0, 0.05) is 30.9 Å². The second kappa shape index (κ2) is 15.3. The topological polar surface area (TPSA) is 149 Å². The molecule has 3 aliphatic rings. The Kier molecular flexibility index (Phi) is 11.4. The number of alkyl halides is 7. The summed E-state index contributed by atoms with van der Waals surface area (Å²) in [5, 5.41) is 26.8. The largest absolute Gasteiger partial charge is 0.508 e. The Labute approximate surface area is 302 Å². The zero-order valence-electron chi connectivity index (χ0n) is 27.9. The minimum Gasteiger partial charge on any atom is -0.508 e. The van der Waals surface area contributed by atoms with Crippen molar-refractivity contribution in [1.29, 1.82) is 0 Å². The van der Waals surface area contributed by atoms with Crippen molar-refractivity contribution in [2.45, 2.75) is 55.4 Å². The standard InChI is InChI=1S/C30H31ClFN5O2.2C2HF3O2/c1-36-10-4-6-20(36)16-39-29-34-27-24(28(35-29)37-15-18-8-9-30(31,13-18)17-37)14-33-26(25(27)32)23-12-21(38)11-19-5-2-3-7-22(19)23;2*3-2(4,5)1(6)7/h2-3,5,7,11-12,14,18,20,38H,4,6,8-10,13,15-17H2,1H3;2*(H,6,7)/t18?,20-,30?;;/m0../s1. The number of aromatic nitrogens is 3. The molecule has 1 saturated carbocycles. The predicted octanol–water partition coefficient (Wildman–Crippen LogP) is 7.03. The molecule has 0 amide bonds. The lowest BCUT2D eigenvalue weighted by Crippen LogP contribution is -2.44. The summed E-state index contributed by atoms with van der Waals surface area (Å²) in [6.45, 7) is 2.93. The smallest absolute Gasteiger partial charge is 0.490 e. The maximum absolute atomic E-state index is 16.4. The average molecular weight is 776 g/mol. The third-order valence-corrected chi connectivity index (χ3v) is 9.68. The number of hydrogen-bond acceptors (Lipinski definition) is 9. The number of likely N-dealkylation sites (N-methyl/N-ethyl adjacent to an activating group) is 1. The van der Waals surface area contributed by atoms with Gasteiger partial charge in [0.05, 0.1) is 10.3 Å². The first-order valence-corrected chi connectivity index (χ1v) is 16.6. The monoisotopic (exact) mass is 775 g/mol. The summed E-state index contributed by atoms with van der Waals surface area (Å²) in [6.07, 6.45) is -3.30. The summed E-state index contributed by atoms with van der Waals surface area (Å²) < 4.78 is 86.0. The number of rotatable bonds is 5. The van der Waals surface area contributed by atoms with E-state index in [4.69, 9.17) is 41.1 Å². The number of phenols is 1. The molecule has 3 N–H and O–H groups in total. The van der Waals surface area contributed by atoms with E-state index >= 15 is 4.39 Å². The van der Waals surface area contributed by atoms with Gasteiger partial charge in [0.15, 0.2) is 5.82 Å². The zero-order valence-corrected chi connectivity index (χ0v) is 28.6. The van der Waals surface area contributed by atoms with Crippen molar-refractivity contribution in [3.63, 3.8) is 0 Å². The van der Waals surface area contributed by atoms with E-state index in [9.17, 15) is 31.4 Å². The fourth-order valence-corrected chi connectivity index (χ4v) is 7.20. The molecule has 1 aliphatic carbocycles. The fourth-order valence-electron chi connectivity index (χ4n) is 6.73. The van der Waals surface area contributed by atoms with E-state index in [0.717, 1.165) is 56.0 Å². The molecule has 2 saturated heterocycles. The van der Waals surface area contributed by atoms with Crippen molar-refractivity contribution >= 4 is 51.0 Å². The normalized spacial score (nSPS) is 21.5. The molecule has 11 nitrogen and oxygen atoms in total. The van der Waals surface area contributed by atoms with Gasteiger partial charge in [0.2, 0.25) is 0 Å². The number of phenolic OH excluding ortho intramolecular Hbond substituents is 1. The van der Waals surface area contributed by atoms with Gasteiger partial charge >= 0.3 is 30.3 Å². The second-order valence-corrected chi connectivity index (χ2v) is 13.9. The second-order valence-electron chi connectivity index (χ2n) is 13.1. The number of aliphatic carboxylic acids is 2. The summed E-state index contributed by atoms with van der Waals surface area (Å²) in [4.78, 5) is 35.9. The number of likely N-dealkylation sites (tertiary alicyclic amines) is 1. The molecule has 7 rings (SSSR count). The van der Waals surface area contributed by atoms with Gasteiger partial charge in [-0.1, -0.05) is 24.3 Å². The summed E-state index contributed by atoms with van der Waals surface area (Å²) in [7, 11) is 2.09. The van der Waals surface area contributed by atoms with Crippen LogP contribution >= 0.6 is 11.6 Å². The summed E-state index contributed by atoms with van der Waals surface area (Å²) in [5.41, 5.74) is 0.804. The molecule has 0 radical (unpaired) electrons. The van der Waals surface area contributed by atoms with E-state index in [-0.39, 0.29) is 33.9 Å². The zero-order chi connectivity index (χ0) is 38.9. The molecule has 2 bridgehead atoms. The van der Waals surface area contributed by atoms with Crippen LogP contribution in [0.4, 0.5) is 36.6 Å². The average Bonchev–Trinajstić information content (AvgIpc) is 3.62. The summed E-state index contributed by atoms with van der Waals surface area (Å²) in [6, 6.07) is 11.2. The van der Waals surface area contributed by atoms with Gasteiger partial charge in [-0.05, 0) is 74.5 Å². The maximum Gasteiger partial charge on any atom is 0.490 e. The van der Waals surface area contributed by atoms with E-state index in [1.165, 1.54) is 0 Å². The quantitative estimate of drug-likeness (QED) is 0.142. The Bertz CT molecular complexity index is 1980. The molecular weight excluding hydrogens is 743 g/mol. The minimum absolute atomic E-state index is 0.0503. The molecule has 2 aromatic heterocycles. The Hall–Kier alpha value is -4.71. The number of carbonyl (C=O) groups is 2. The van der Waals surface area contributed by atoms with Crippen LogP contribution in [0.15, 0.2) is 42.6 Å². The van der Waals surface area contributed by atoms with E-state index < -0.39 is 30.1 Å². The number of ether oxygens (including phenoxy) is 1. The van der Waals surface area contributed by atoms with E-state index in [0.29, 0.717) is 35.8 Å². The molecule has 19 heteroatoms. The number of nitrogens with zero attached hydrogens (tertiary/aromatic N) is 5. The van der Waals surface area contributed by atoms with Gasteiger partial charge in [-0.15, -0.1) is 11.6 Å². The van der Waals surface area contributed by atoms with E-state index in [1.54, 1.807) is 18.3 Å². The Balaban J connectivity index is 0.000000330. The number of anilines is 1. The lowest BCUT2D eigenvalue weighted by Gasteiger charge is -2.37. The van der Waals surface area contributed by atoms with Crippen molar-refractivity contribution in [2.75, 3.05) is 38.2 Å². The van der Waals surface area contributed by atoms with E-state index in [1.807, 2.05) is 24.3 Å². The number of fused-ring (bicyclic) bond motifs is 4. The molecule has 3 atom stereocenters. The highest BCUT2D eigenvalue weighted by molar-refractivity contribution is 6.24. The SMILES string of the molecule is CN1CCC[C@H]1COc1nc(N2CC3CCC(Cl)(C3)C2)c2cnc(-c3cc(O)cc4ccccc34)c(F)c2n1.O=C(O)C(F)(F)F.O=C(O)C(F)(F)F. The van der Waals surface area contributed by atoms with Crippen LogP contribution in [0.1, 0.15) is 32.1 Å². The third kappa shape index (κ3) is 9.27. The maximum atomic E-state index is 16.4. The number of halogens is 8. The molecular formula is C34H33ClF7N5O6. The molecule has 2 unspecified atom stereocenters. The van der Waals surface area contributed by atoms with Crippen LogP contribution in [0.25, 0.3) is 32.9 Å². The first-order chi connectivity index (χ1) is 24.8. The van der Waals surface area contributed by atoms with Crippen molar-refractivity contribution < 1.29 is 60.4 Å². The summed E-state index contributed by atoms with van der Waals surface area (Å²) >= 11 is 6.97. The first kappa shape index (κ1) is 39.5. The minimum atomic E-state index is -5.08. The van der Waals surface area contributed by atoms with Gasteiger partial charge in [-0.3, -0.25) is 4.98 Å². The lowest BCUT2D eigenvalue weighted by molar-refractivity contribution is -0.193. The molecule has 286 valence electrons. The van der Waals surface area contributed by atoms with Crippen LogP contribution in [0, 0.1) is 11.7 Å². The van der Waals surface area contributed by atoms with Gasteiger partial charge < -0.3 is 29.9 Å². The van der Waals surface area contributed by atoms with Gasteiger partial charge in [-0.25, -0.2) is 14.0 Å². The number of hydrogen-bond donors (Lipinski definition) is 3. The molecule has 2 aromatic carbocycles. The van der Waals surface area contributed by atoms with Crippen LogP contribution < -0.4 is 9.64 Å². The van der Waals surface area contributed by atoms with Crippen molar-refractivity contribution in [3.8, 4) is 23.0 Å².